The average molecular weight is 402 g/mol. The molecule has 0 radical (unpaired) electrons. The molecule has 4 rings (SSSR count). The fourth-order valence-electron chi connectivity index (χ4n) is 3.27. The molecule has 0 saturated carbocycles. The van der Waals surface area contributed by atoms with Crippen molar-refractivity contribution in [2.24, 2.45) is 0 Å². The number of benzene rings is 3. The molecule has 0 spiro atoms. The van der Waals surface area contributed by atoms with Crippen LogP contribution < -0.4 is 18.9 Å². The molecule has 0 amide bonds. The van der Waals surface area contributed by atoms with E-state index in [4.69, 9.17) is 18.9 Å². The summed E-state index contributed by atoms with van der Waals surface area (Å²) in [6.45, 7) is 2.50. The van der Waals surface area contributed by atoms with Crippen molar-refractivity contribution in [3.05, 3.63) is 88.7 Å². The van der Waals surface area contributed by atoms with Gasteiger partial charge in [-0.3, -0.25) is 4.79 Å². The van der Waals surface area contributed by atoms with Gasteiger partial charge < -0.3 is 18.9 Å². The summed E-state index contributed by atoms with van der Waals surface area (Å²) in [5.74, 6) is 2.47. The number of hydrogen-bond acceptors (Lipinski definition) is 5. The molecular formula is C25H22O5. The van der Waals surface area contributed by atoms with E-state index in [2.05, 4.69) is 0 Å². The molecule has 3 aromatic carbocycles. The molecule has 0 saturated heterocycles. The summed E-state index contributed by atoms with van der Waals surface area (Å²) in [6.07, 6.45) is 1.68. The monoisotopic (exact) mass is 402 g/mol. The van der Waals surface area contributed by atoms with Gasteiger partial charge in [-0.1, -0.05) is 24.3 Å². The predicted molar refractivity (Wildman–Crippen MR) is 114 cm³/mol. The maximum Gasteiger partial charge on any atom is 0.231 e. The summed E-state index contributed by atoms with van der Waals surface area (Å²) >= 11 is 0. The van der Waals surface area contributed by atoms with Gasteiger partial charge in [0.15, 0.2) is 5.76 Å². The third-order valence-corrected chi connectivity index (χ3v) is 5.02. The number of fused-ring (bicyclic) bond motifs is 1. The van der Waals surface area contributed by atoms with E-state index in [0.717, 1.165) is 11.1 Å². The standard InChI is InChI=1S/C25H22O5/c1-16-6-4-5-7-18(16)15-29-20-10-11-21-23(14-20)30-24(25(21)26)12-17-8-9-19(27-2)13-22(17)28-3/h4-14H,15H2,1-3H3. The summed E-state index contributed by atoms with van der Waals surface area (Å²) in [7, 11) is 3.16. The number of carbonyl (C=O) groups is 1. The Kier molecular flexibility index (Phi) is 5.44. The minimum atomic E-state index is -0.173. The minimum Gasteiger partial charge on any atom is -0.497 e. The number of aryl methyl sites for hydroxylation is 1. The van der Waals surface area contributed by atoms with E-state index in [1.54, 1.807) is 50.6 Å². The Morgan fingerprint density at radius 2 is 1.73 bits per heavy atom. The van der Waals surface area contributed by atoms with E-state index < -0.39 is 0 Å². The maximum absolute atomic E-state index is 12.8. The van der Waals surface area contributed by atoms with Crippen LogP contribution in [0.15, 0.2) is 66.4 Å². The first-order valence-corrected chi connectivity index (χ1v) is 9.56. The summed E-state index contributed by atoms with van der Waals surface area (Å²) in [6, 6.07) is 18.7. The van der Waals surface area contributed by atoms with Crippen molar-refractivity contribution in [1.29, 1.82) is 0 Å². The average Bonchev–Trinajstić information content (AvgIpc) is 3.08. The molecular weight excluding hydrogens is 380 g/mol. The number of Topliss-reactive ketones (excluding diaryl/α,β-unsaturated/α-hetero) is 1. The topological polar surface area (TPSA) is 54.0 Å². The second kappa shape index (κ2) is 8.33. The van der Waals surface area contributed by atoms with Crippen LogP contribution in [0.4, 0.5) is 0 Å². The predicted octanol–water partition coefficient (Wildman–Crippen LogP) is 5.21. The molecule has 3 aromatic rings. The molecule has 30 heavy (non-hydrogen) atoms. The van der Waals surface area contributed by atoms with E-state index in [0.29, 0.717) is 35.2 Å². The number of ether oxygens (including phenoxy) is 4. The van der Waals surface area contributed by atoms with Crippen LogP contribution in [0.25, 0.3) is 6.08 Å². The van der Waals surface area contributed by atoms with Crippen molar-refractivity contribution in [2.45, 2.75) is 13.5 Å². The van der Waals surface area contributed by atoms with Gasteiger partial charge in [0.2, 0.25) is 5.78 Å². The first kappa shape index (κ1) is 19.6. The maximum atomic E-state index is 12.8. The largest absolute Gasteiger partial charge is 0.497 e. The highest BCUT2D eigenvalue weighted by atomic mass is 16.5. The van der Waals surface area contributed by atoms with Gasteiger partial charge in [-0.25, -0.2) is 0 Å². The number of carbonyl (C=O) groups excluding carboxylic acids is 1. The Morgan fingerprint density at radius 3 is 2.50 bits per heavy atom. The molecule has 0 aromatic heterocycles. The van der Waals surface area contributed by atoms with Crippen LogP contribution in [0.3, 0.4) is 0 Å². The van der Waals surface area contributed by atoms with Crippen molar-refractivity contribution in [1.82, 2.24) is 0 Å². The fourth-order valence-corrected chi connectivity index (χ4v) is 3.27. The Morgan fingerprint density at radius 1 is 0.933 bits per heavy atom. The third kappa shape index (κ3) is 3.87. The van der Waals surface area contributed by atoms with Gasteiger partial charge in [0, 0.05) is 17.7 Å². The zero-order chi connectivity index (χ0) is 21.1. The van der Waals surface area contributed by atoms with Gasteiger partial charge in [0.1, 0.15) is 29.6 Å². The molecule has 0 bridgehead atoms. The van der Waals surface area contributed by atoms with Gasteiger partial charge in [0.05, 0.1) is 19.8 Å². The highest BCUT2D eigenvalue weighted by molar-refractivity contribution is 6.14. The number of rotatable bonds is 6. The van der Waals surface area contributed by atoms with E-state index in [1.807, 2.05) is 37.3 Å². The molecule has 1 aliphatic rings. The third-order valence-electron chi connectivity index (χ3n) is 5.02. The van der Waals surface area contributed by atoms with Crippen LogP contribution in [-0.4, -0.2) is 20.0 Å². The van der Waals surface area contributed by atoms with Crippen molar-refractivity contribution in [3.63, 3.8) is 0 Å². The van der Waals surface area contributed by atoms with Crippen molar-refractivity contribution in [3.8, 4) is 23.0 Å². The second-order valence-electron chi connectivity index (χ2n) is 6.92. The summed E-state index contributed by atoms with van der Waals surface area (Å²) in [4.78, 5) is 12.8. The summed E-state index contributed by atoms with van der Waals surface area (Å²) in [5, 5.41) is 0. The molecule has 0 aliphatic carbocycles. The highest BCUT2D eigenvalue weighted by Gasteiger charge is 2.28. The second-order valence-corrected chi connectivity index (χ2v) is 6.92. The Hall–Kier alpha value is -3.73. The Labute approximate surface area is 175 Å². The summed E-state index contributed by atoms with van der Waals surface area (Å²) < 4.78 is 22.4. The van der Waals surface area contributed by atoms with Gasteiger partial charge >= 0.3 is 0 Å². The lowest BCUT2D eigenvalue weighted by Gasteiger charge is -2.09. The first-order chi connectivity index (χ1) is 14.6. The molecule has 152 valence electrons. The molecule has 0 fully saturated rings. The quantitative estimate of drug-likeness (QED) is 0.530. The molecule has 0 atom stereocenters. The molecule has 0 unspecified atom stereocenters. The molecule has 1 heterocycles. The molecule has 0 N–H and O–H groups in total. The van der Waals surface area contributed by atoms with Gasteiger partial charge in [-0.15, -0.1) is 0 Å². The Bertz CT molecular complexity index is 1130. The lowest BCUT2D eigenvalue weighted by atomic mass is 10.1. The van der Waals surface area contributed by atoms with Crippen molar-refractivity contribution in [2.75, 3.05) is 14.2 Å². The van der Waals surface area contributed by atoms with Crippen molar-refractivity contribution < 1.29 is 23.7 Å². The smallest absolute Gasteiger partial charge is 0.231 e. The van der Waals surface area contributed by atoms with Crippen LogP contribution in [0.2, 0.25) is 0 Å². The van der Waals surface area contributed by atoms with Crippen LogP contribution in [-0.2, 0) is 6.61 Å². The lowest BCUT2D eigenvalue weighted by molar-refractivity contribution is 0.101. The van der Waals surface area contributed by atoms with Crippen LogP contribution in [0, 0.1) is 6.92 Å². The normalized spacial score (nSPS) is 13.7. The highest BCUT2D eigenvalue weighted by Crippen LogP contribution is 2.36. The first-order valence-electron chi connectivity index (χ1n) is 9.56. The number of hydrogen-bond donors (Lipinski definition) is 0. The van der Waals surface area contributed by atoms with E-state index in [-0.39, 0.29) is 11.5 Å². The zero-order valence-corrected chi connectivity index (χ0v) is 17.1. The lowest BCUT2D eigenvalue weighted by Crippen LogP contribution is -1.99. The van der Waals surface area contributed by atoms with Crippen LogP contribution >= 0.6 is 0 Å². The van der Waals surface area contributed by atoms with Crippen molar-refractivity contribution >= 4 is 11.9 Å². The van der Waals surface area contributed by atoms with Crippen LogP contribution in [0.5, 0.6) is 23.0 Å². The SMILES string of the molecule is COc1ccc(C=C2Oc3cc(OCc4ccccc4C)ccc3C2=O)c(OC)c1. The molecule has 5 heteroatoms. The van der Waals surface area contributed by atoms with Crippen LogP contribution in [0.1, 0.15) is 27.0 Å². The number of ketones is 1. The van der Waals surface area contributed by atoms with E-state index in [1.165, 1.54) is 5.56 Å². The van der Waals surface area contributed by atoms with Gasteiger partial charge in [-0.05, 0) is 48.4 Å². The number of methoxy groups -OCH3 is 2. The van der Waals surface area contributed by atoms with Gasteiger partial charge in [0.25, 0.3) is 0 Å². The van der Waals surface area contributed by atoms with E-state index >= 15 is 0 Å². The van der Waals surface area contributed by atoms with E-state index in [9.17, 15) is 4.79 Å². The van der Waals surface area contributed by atoms with Gasteiger partial charge in [-0.2, -0.15) is 0 Å². The molecule has 1 aliphatic heterocycles. The zero-order valence-electron chi connectivity index (χ0n) is 17.1. The molecule has 5 nitrogen and oxygen atoms in total. The summed E-state index contributed by atoms with van der Waals surface area (Å²) in [5.41, 5.74) is 3.52. The Balaban J connectivity index is 1.54. The minimum absolute atomic E-state index is 0.173. The fraction of sp³-hybridized carbons (Fsp3) is 0.160. The number of allylic oxidation sites excluding steroid dienone is 1.